The molecule has 0 bridgehead atoms. The standard InChI is InChI=1S/C22H27N.C3H6/c1-17(2)9-6-7-12-19-15-20-13-8-14-21(22(19)20)23-16-18-10-4-3-5-11-18;1-3-2/h3-6,8-11,13-14,17,19,23H,7,12,15-16H2,1-2H3;3H,1H2,2H3/b9-6+;. The highest BCUT2D eigenvalue weighted by Gasteiger charge is 2.27. The summed E-state index contributed by atoms with van der Waals surface area (Å²) in [4.78, 5) is 0. The molecule has 0 amide bonds. The Bertz CT molecular complexity index is 697. The summed E-state index contributed by atoms with van der Waals surface area (Å²) in [6.07, 6.45) is 10.1. The molecule has 2 aromatic rings. The minimum absolute atomic E-state index is 0.659. The second-order valence-electron chi connectivity index (χ2n) is 7.28. The van der Waals surface area contributed by atoms with Crippen LogP contribution < -0.4 is 5.32 Å². The first-order valence-corrected chi connectivity index (χ1v) is 9.79. The van der Waals surface area contributed by atoms with Crippen LogP contribution in [0.2, 0.25) is 0 Å². The number of hydrogen-bond donors (Lipinski definition) is 1. The van der Waals surface area contributed by atoms with Crippen LogP contribution in [-0.4, -0.2) is 0 Å². The molecule has 0 saturated carbocycles. The van der Waals surface area contributed by atoms with Crippen molar-refractivity contribution in [1.82, 2.24) is 0 Å². The average Bonchev–Trinajstić information content (AvgIpc) is 2.61. The molecule has 1 heteroatoms. The smallest absolute Gasteiger partial charge is 0.0400 e. The molecule has 0 fully saturated rings. The highest BCUT2D eigenvalue weighted by atomic mass is 14.9. The van der Waals surface area contributed by atoms with Crippen molar-refractivity contribution >= 4 is 5.69 Å². The van der Waals surface area contributed by atoms with E-state index in [9.17, 15) is 0 Å². The molecule has 0 radical (unpaired) electrons. The van der Waals surface area contributed by atoms with E-state index in [1.54, 1.807) is 11.6 Å². The Morgan fingerprint density at radius 2 is 1.85 bits per heavy atom. The fourth-order valence-electron chi connectivity index (χ4n) is 3.37. The van der Waals surface area contributed by atoms with Crippen molar-refractivity contribution in [2.24, 2.45) is 5.92 Å². The fourth-order valence-corrected chi connectivity index (χ4v) is 3.37. The van der Waals surface area contributed by atoms with Gasteiger partial charge in [0.15, 0.2) is 0 Å². The van der Waals surface area contributed by atoms with Crippen molar-refractivity contribution in [2.45, 2.75) is 52.5 Å². The summed E-state index contributed by atoms with van der Waals surface area (Å²) >= 11 is 0. The van der Waals surface area contributed by atoms with Crippen molar-refractivity contribution in [3.63, 3.8) is 0 Å². The van der Waals surface area contributed by atoms with Crippen LogP contribution in [0.5, 0.6) is 0 Å². The molecule has 0 saturated heterocycles. The molecule has 0 aromatic heterocycles. The Kier molecular flexibility index (Phi) is 8.21. The van der Waals surface area contributed by atoms with Gasteiger partial charge in [-0.3, -0.25) is 0 Å². The van der Waals surface area contributed by atoms with E-state index >= 15 is 0 Å². The Morgan fingerprint density at radius 3 is 2.54 bits per heavy atom. The van der Waals surface area contributed by atoms with Crippen molar-refractivity contribution < 1.29 is 0 Å². The normalized spacial score (nSPS) is 15.0. The molecule has 0 aliphatic heterocycles. The number of nitrogens with one attached hydrogen (secondary N) is 1. The minimum Gasteiger partial charge on any atom is -0.381 e. The van der Waals surface area contributed by atoms with Crippen LogP contribution in [0.3, 0.4) is 0 Å². The maximum atomic E-state index is 3.64. The van der Waals surface area contributed by atoms with Crippen molar-refractivity contribution in [2.75, 3.05) is 5.32 Å². The topological polar surface area (TPSA) is 12.0 Å². The van der Waals surface area contributed by atoms with E-state index in [4.69, 9.17) is 0 Å². The molecular weight excluding hydrogens is 314 g/mol. The predicted molar refractivity (Wildman–Crippen MR) is 116 cm³/mol. The first-order valence-electron chi connectivity index (χ1n) is 9.79. The highest BCUT2D eigenvalue weighted by Crippen LogP contribution is 2.43. The van der Waals surface area contributed by atoms with Gasteiger partial charge in [0, 0.05) is 12.2 Å². The summed E-state index contributed by atoms with van der Waals surface area (Å²) in [7, 11) is 0. The first-order chi connectivity index (χ1) is 12.7. The SMILES string of the molecule is C=CC.CC(C)/C=C/CCC1Cc2cccc(NCc3ccccc3)c21. The van der Waals surface area contributed by atoms with Crippen molar-refractivity contribution in [1.29, 1.82) is 0 Å². The minimum atomic E-state index is 0.659. The zero-order chi connectivity index (χ0) is 18.8. The third-order valence-electron chi connectivity index (χ3n) is 4.60. The molecule has 1 unspecified atom stereocenters. The Balaban J connectivity index is 0.000000758. The van der Waals surface area contributed by atoms with Gasteiger partial charge in [0.2, 0.25) is 0 Å². The number of anilines is 1. The lowest BCUT2D eigenvalue weighted by Gasteiger charge is -2.33. The van der Waals surface area contributed by atoms with Gasteiger partial charge in [0.05, 0.1) is 0 Å². The monoisotopic (exact) mass is 347 g/mol. The van der Waals surface area contributed by atoms with Crippen LogP contribution in [0.4, 0.5) is 5.69 Å². The molecule has 1 aliphatic rings. The van der Waals surface area contributed by atoms with Crippen molar-refractivity contribution in [3.05, 3.63) is 90.0 Å². The van der Waals surface area contributed by atoms with Gasteiger partial charge >= 0.3 is 0 Å². The second kappa shape index (κ2) is 10.7. The quantitative estimate of drug-likeness (QED) is 0.526. The third kappa shape index (κ3) is 5.91. The summed E-state index contributed by atoms with van der Waals surface area (Å²) in [6, 6.07) is 17.3. The lowest BCUT2D eigenvalue weighted by Crippen LogP contribution is -2.19. The van der Waals surface area contributed by atoms with Crippen molar-refractivity contribution in [3.8, 4) is 0 Å². The molecule has 1 aliphatic carbocycles. The average molecular weight is 348 g/mol. The van der Waals surface area contributed by atoms with Gasteiger partial charge in [0.1, 0.15) is 0 Å². The van der Waals surface area contributed by atoms with E-state index < -0.39 is 0 Å². The first kappa shape index (κ1) is 20.0. The lowest BCUT2D eigenvalue weighted by atomic mass is 9.74. The molecule has 1 nitrogen and oxygen atoms in total. The van der Waals surface area contributed by atoms with Crippen LogP contribution in [0, 0.1) is 5.92 Å². The van der Waals surface area contributed by atoms with Crippen LogP contribution in [0.1, 0.15) is 56.2 Å². The molecule has 1 atom stereocenters. The number of allylic oxidation sites excluding steroid dienone is 3. The van der Waals surface area contributed by atoms with Crippen LogP contribution in [0.15, 0.2) is 73.3 Å². The molecule has 2 aromatic carbocycles. The highest BCUT2D eigenvalue weighted by molar-refractivity contribution is 5.61. The summed E-state index contributed by atoms with van der Waals surface area (Å²) in [5.41, 5.74) is 5.75. The molecule has 138 valence electrons. The Labute approximate surface area is 159 Å². The van der Waals surface area contributed by atoms with E-state index in [-0.39, 0.29) is 0 Å². The maximum Gasteiger partial charge on any atom is 0.0400 e. The van der Waals surface area contributed by atoms with Gasteiger partial charge in [-0.15, -0.1) is 6.58 Å². The second-order valence-corrected chi connectivity index (χ2v) is 7.28. The molecule has 0 heterocycles. The predicted octanol–water partition coefficient (Wildman–Crippen LogP) is 7.12. The Hall–Kier alpha value is -2.28. The molecule has 1 N–H and O–H groups in total. The number of rotatable bonds is 7. The van der Waals surface area contributed by atoms with E-state index in [0.717, 1.165) is 12.5 Å². The van der Waals surface area contributed by atoms with Crippen LogP contribution in [-0.2, 0) is 13.0 Å². The van der Waals surface area contributed by atoms with E-state index in [1.165, 1.54) is 36.1 Å². The van der Waals surface area contributed by atoms with Gasteiger partial charge in [0.25, 0.3) is 0 Å². The molecular formula is C25H33N. The van der Waals surface area contributed by atoms with Gasteiger partial charge in [-0.1, -0.05) is 74.5 Å². The fraction of sp³-hybridized carbons (Fsp3) is 0.360. The maximum absolute atomic E-state index is 3.64. The number of hydrogen-bond acceptors (Lipinski definition) is 1. The molecule has 0 spiro atoms. The summed E-state index contributed by atoms with van der Waals surface area (Å²) < 4.78 is 0. The van der Waals surface area contributed by atoms with E-state index in [2.05, 4.69) is 86.4 Å². The van der Waals surface area contributed by atoms with Crippen LogP contribution in [0.25, 0.3) is 0 Å². The van der Waals surface area contributed by atoms with Gasteiger partial charge in [-0.25, -0.2) is 0 Å². The van der Waals surface area contributed by atoms with E-state index in [0.29, 0.717) is 5.92 Å². The zero-order valence-electron chi connectivity index (χ0n) is 16.5. The Morgan fingerprint density at radius 1 is 1.12 bits per heavy atom. The van der Waals surface area contributed by atoms with Gasteiger partial charge in [-0.05, 0) is 60.8 Å². The van der Waals surface area contributed by atoms with Gasteiger partial charge in [-0.2, -0.15) is 0 Å². The number of fused-ring (bicyclic) bond motifs is 1. The van der Waals surface area contributed by atoms with E-state index in [1.807, 2.05) is 6.92 Å². The molecule has 3 rings (SSSR count). The van der Waals surface area contributed by atoms with Gasteiger partial charge < -0.3 is 5.32 Å². The molecule has 26 heavy (non-hydrogen) atoms. The summed E-state index contributed by atoms with van der Waals surface area (Å²) in [5.74, 6) is 1.38. The van der Waals surface area contributed by atoms with Crippen LogP contribution >= 0.6 is 0 Å². The summed E-state index contributed by atoms with van der Waals surface area (Å²) in [6.45, 7) is 10.6. The third-order valence-corrected chi connectivity index (χ3v) is 4.60. The zero-order valence-corrected chi connectivity index (χ0v) is 16.5. The summed E-state index contributed by atoms with van der Waals surface area (Å²) in [5, 5.41) is 3.64. The largest absolute Gasteiger partial charge is 0.381 e. The number of benzene rings is 2. The lowest BCUT2D eigenvalue weighted by molar-refractivity contribution is 0.566.